The van der Waals surface area contributed by atoms with E-state index in [1.807, 2.05) is 39.0 Å². The lowest BCUT2D eigenvalue weighted by Crippen LogP contribution is -2.43. The zero-order chi connectivity index (χ0) is 16.6. The maximum absolute atomic E-state index is 12.3. The molecule has 0 saturated carbocycles. The molecule has 0 unspecified atom stereocenters. The largest absolute Gasteiger partial charge is 0.486 e. The van der Waals surface area contributed by atoms with E-state index in [2.05, 4.69) is 5.32 Å². The number of hydrogen-bond acceptors (Lipinski definition) is 4. The van der Waals surface area contributed by atoms with Gasteiger partial charge in [0.1, 0.15) is 13.2 Å². The predicted octanol–water partition coefficient (Wildman–Crippen LogP) is 1.73. The molecule has 2 aliphatic heterocycles. The summed E-state index contributed by atoms with van der Waals surface area (Å²) in [4.78, 5) is 26.1. The number of nitrogens with one attached hydrogen (secondary N) is 1. The van der Waals surface area contributed by atoms with Crippen LogP contribution in [0.5, 0.6) is 11.5 Å². The summed E-state index contributed by atoms with van der Waals surface area (Å²) in [5.41, 5.74) is 0.305. The summed E-state index contributed by atoms with van der Waals surface area (Å²) in [6.45, 7) is 7.10. The fraction of sp³-hybridized carbons (Fsp3) is 0.529. The molecule has 1 atom stereocenters. The number of hydrogen-bond donors (Lipinski definition) is 1. The first-order chi connectivity index (χ1) is 10.8. The Kier molecular flexibility index (Phi) is 3.92. The van der Waals surface area contributed by atoms with E-state index in [0.717, 1.165) is 5.69 Å². The smallest absolute Gasteiger partial charge is 0.229 e. The Morgan fingerprint density at radius 1 is 1.22 bits per heavy atom. The Hall–Kier alpha value is -2.24. The van der Waals surface area contributed by atoms with Gasteiger partial charge in [-0.1, -0.05) is 20.8 Å². The predicted molar refractivity (Wildman–Crippen MR) is 85.8 cm³/mol. The fourth-order valence-corrected chi connectivity index (χ4v) is 2.66. The number of carbonyl (C=O) groups excluding carboxylic acids is 2. The average Bonchev–Trinajstić information content (AvgIpc) is 2.86. The molecule has 0 radical (unpaired) electrons. The maximum Gasteiger partial charge on any atom is 0.229 e. The molecule has 2 amide bonds. The van der Waals surface area contributed by atoms with Crippen molar-refractivity contribution in [3.8, 4) is 11.5 Å². The SMILES string of the molecule is CC(C)(C)C(=O)N[C@@H]1CC(=O)N(c2ccc3c(c2)OCCO3)C1. The lowest BCUT2D eigenvalue weighted by molar-refractivity contribution is -0.129. The Labute approximate surface area is 135 Å². The lowest BCUT2D eigenvalue weighted by Gasteiger charge is -2.23. The van der Waals surface area contributed by atoms with Crippen LogP contribution >= 0.6 is 0 Å². The van der Waals surface area contributed by atoms with E-state index in [9.17, 15) is 9.59 Å². The standard InChI is InChI=1S/C17H22N2O4/c1-17(2,3)16(21)18-11-8-15(20)19(10-11)12-4-5-13-14(9-12)23-7-6-22-13/h4-5,9,11H,6-8,10H2,1-3H3,(H,18,21)/t11-/m1/s1. The number of carbonyl (C=O) groups is 2. The average molecular weight is 318 g/mol. The summed E-state index contributed by atoms with van der Waals surface area (Å²) in [6.07, 6.45) is 0.316. The van der Waals surface area contributed by atoms with Gasteiger partial charge < -0.3 is 19.7 Å². The van der Waals surface area contributed by atoms with E-state index in [4.69, 9.17) is 9.47 Å². The molecule has 0 aromatic heterocycles. The Bertz CT molecular complexity index is 636. The summed E-state index contributed by atoms with van der Waals surface area (Å²) >= 11 is 0. The molecule has 0 aliphatic carbocycles. The molecule has 124 valence electrons. The van der Waals surface area contributed by atoms with E-state index in [1.54, 1.807) is 4.90 Å². The van der Waals surface area contributed by atoms with E-state index in [1.165, 1.54) is 0 Å². The van der Waals surface area contributed by atoms with Gasteiger partial charge in [-0.2, -0.15) is 0 Å². The summed E-state index contributed by atoms with van der Waals surface area (Å²) in [7, 11) is 0. The van der Waals surface area contributed by atoms with E-state index < -0.39 is 5.41 Å². The quantitative estimate of drug-likeness (QED) is 0.901. The second kappa shape index (κ2) is 5.76. The number of rotatable bonds is 2. The van der Waals surface area contributed by atoms with Crippen molar-refractivity contribution < 1.29 is 19.1 Å². The molecular weight excluding hydrogens is 296 g/mol. The molecule has 6 heteroatoms. The number of benzene rings is 1. The van der Waals surface area contributed by atoms with Gasteiger partial charge in [0.25, 0.3) is 0 Å². The van der Waals surface area contributed by atoms with Crippen molar-refractivity contribution in [3.63, 3.8) is 0 Å². The molecule has 6 nitrogen and oxygen atoms in total. The highest BCUT2D eigenvalue weighted by molar-refractivity contribution is 5.97. The van der Waals surface area contributed by atoms with E-state index in [0.29, 0.717) is 37.7 Å². The molecule has 1 aromatic carbocycles. The van der Waals surface area contributed by atoms with Crippen LogP contribution in [-0.2, 0) is 9.59 Å². The summed E-state index contributed by atoms with van der Waals surface area (Å²) in [5, 5.41) is 2.95. The van der Waals surface area contributed by atoms with E-state index in [-0.39, 0.29) is 17.9 Å². The summed E-state index contributed by atoms with van der Waals surface area (Å²) < 4.78 is 11.1. The summed E-state index contributed by atoms with van der Waals surface area (Å²) in [5.74, 6) is 1.31. The van der Waals surface area contributed by atoms with Gasteiger partial charge in [-0.15, -0.1) is 0 Å². The van der Waals surface area contributed by atoms with Crippen molar-refractivity contribution >= 4 is 17.5 Å². The second-order valence-electron chi connectivity index (χ2n) is 6.96. The zero-order valence-electron chi connectivity index (χ0n) is 13.7. The van der Waals surface area contributed by atoms with Gasteiger partial charge >= 0.3 is 0 Å². The van der Waals surface area contributed by atoms with Crippen molar-refractivity contribution in [3.05, 3.63) is 18.2 Å². The van der Waals surface area contributed by atoms with Crippen LogP contribution in [0.4, 0.5) is 5.69 Å². The molecule has 1 saturated heterocycles. The first kappa shape index (κ1) is 15.6. The first-order valence-electron chi connectivity index (χ1n) is 7.85. The van der Waals surface area contributed by atoms with Gasteiger partial charge in [0.15, 0.2) is 11.5 Å². The van der Waals surface area contributed by atoms with Crippen LogP contribution in [0.3, 0.4) is 0 Å². The molecule has 0 bridgehead atoms. The van der Waals surface area contributed by atoms with Gasteiger partial charge in [0, 0.05) is 30.1 Å². The Morgan fingerprint density at radius 3 is 2.61 bits per heavy atom. The maximum atomic E-state index is 12.3. The van der Waals surface area contributed by atoms with Crippen molar-refractivity contribution in [1.82, 2.24) is 5.32 Å². The van der Waals surface area contributed by atoms with Crippen molar-refractivity contribution in [1.29, 1.82) is 0 Å². The fourth-order valence-electron chi connectivity index (χ4n) is 2.66. The van der Waals surface area contributed by atoms with Crippen molar-refractivity contribution in [2.75, 3.05) is 24.7 Å². The molecule has 1 N–H and O–H groups in total. The molecule has 23 heavy (non-hydrogen) atoms. The highest BCUT2D eigenvalue weighted by Crippen LogP contribution is 2.35. The van der Waals surface area contributed by atoms with Crippen molar-refractivity contribution in [2.24, 2.45) is 5.41 Å². The molecule has 2 heterocycles. The number of fused-ring (bicyclic) bond motifs is 1. The first-order valence-corrected chi connectivity index (χ1v) is 7.85. The van der Waals surface area contributed by atoms with Gasteiger partial charge in [-0.3, -0.25) is 9.59 Å². The normalized spacial score (nSPS) is 20.6. The van der Waals surface area contributed by atoms with Gasteiger partial charge in [0.2, 0.25) is 11.8 Å². The second-order valence-corrected chi connectivity index (χ2v) is 6.96. The third-order valence-corrected chi connectivity index (χ3v) is 3.98. The number of anilines is 1. The monoisotopic (exact) mass is 318 g/mol. The summed E-state index contributed by atoms with van der Waals surface area (Å²) in [6, 6.07) is 5.32. The zero-order valence-corrected chi connectivity index (χ0v) is 13.7. The van der Waals surface area contributed by atoms with Gasteiger partial charge in [-0.05, 0) is 12.1 Å². The van der Waals surface area contributed by atoms with Crippen molar-refractivity contribution in [2.45, 2.75) is 33.2 Å². The number of amides is 2. The van der Waals surface area contributed by atoms with Gasteiger partial charge in [0.05, 0.1) is 6.04 Å². The van der Waals surface area contributed by atoms with Crippen LogP contribution < -0.4 is 19.7 Å². The third-order valence-electron chi connectivity index (χ3n) is 3.98. The van der Waals surface area contributed by atoms with Crippen LogP contribution in [0.1, 0.15) is 27.2 Å². The molecule has 2 aliphatic rings. The van der Waals surface area contributed by atoms with Crippen LogP contribution in [0.2, 0.25) is 0 Å². The minimum Gasteiger partial charge on any atom is -0.486 e. The molecular formula is C17H22N2O4. The third kappa shape index (κ3) is 3.25. The molecule has 3 rings (SSSR count). The minimum atomic E-state index is -0.465. The molecule has 1 fully saturated rings. The Balaban J connectivity index is 1.72. The van der Waals surface area contributed by atoms with Crippen LogP contribution in [0.15, 0.2) is 18.2 Å². The van der Waals surface area contributed by atoms with Crippen LogP contribution in [0.25, 0.3) is 0 Å². The topological polar surface area (TPSA) is 67.9 Å². The highest BCUT2D eigenvalue weighted by Gasteiger charge is 2.34. The molecule has 0 spiro atoms. The lowest BCUT2D eigenvalue weighted by atomic mass is 9.95. The number of nitrogens with zero attached hydrogens (tertiary/aromatic N) is 1. The minimum absolute atomic E-state index is 0.000821. The van der Waals surface area contributed by atoms with Gasteiger partial charge in [-0.25, -0.2) is 0 Å². The van der Waals surface area contributed by atoms with Crippen LogP contribution in [-0.4, -0.2) is 37.6 Å². The number of ether oxygens (including phenoxy) is 2. The molecule has 1 aromatic rings. The Morgan fingerprint density at radius 2 is 1.91 bits per heavy atom. The van der Waals surface area contributed by atoms with Crippen LogP contribution in [0, 0.1) is 5.41 Å². The van der Waals surface area contributed by atoms with E-state index >= 15 is 0 Å². The highest BCUT2D eigenvalue weighted by atomic mass is 16.6.